The largest absolute Gasteiger partial charge is 0.465 e. The molecule has 0 spiro atoms. The van der Waals surface area contributed by atoms with Crippen LogP contribution in [0, 0.1) is 12.8 Å². The van der Waals surface area contributed by atoms with E-state index < -0.39 is 0 Å². The average Bonchev–Trinajstić information content (AvgIpc) is 2.65. The van der Waals surface area contributed by atoms with Gasteiger partial charge in [0.1, 0.15) is 11.5 Å². The Morgan fingerprint density at radius 2 is 1.94 bits per heavy atom. The minimum Gasteiger partial charge on any atom is -0.465 e. The normalized spacial score (nSPS) is 19.7. The number of hydrogen-bond donors (Lipinski definition) is 1. The van der Waals surface area contributed by atoms with E-state index in [9.17, 15) is 0 Å². The fourth-order valence-corrected chi connectivity index (χ4v) is 3.06. The first-order chi connectivity index (χ1) is 8.81. The lowest BCUT2D eigenvalue weighted by Gasteiger charge is -2.25. The summed E-state index contributed by atoms with van der Waals surface area (Å²) >= 11 is 0. The standard InChI is InChI=1S/C16H27NO/c1-3-12-17-16(15-11-10-13(2)18-15)14-8-6-4-5-7-9-14/h10-11,14,16-17H,3-9,12H2,1-2H3. The minimum atomic E-state index is 0.428. The van der Waals surface area contributed by atoms with Crippen LogP contribution in [0.3, 0.4) is 0 Å². The van der Waals surface area contributed by atoms with Crippen LogP contribution in [0.1, 0.15) is 69.4 Å². The molecule has 1 fully saturated rings. The molecule has 0 aliphatic heterocycles. The summed E-state index contributed by atoms with van der Waals surface area (Å²) in [5.41, 5.74) is 0. The zero-order valence-corrected chi connectivity index (χ0v) is 11.9. The van der Waals surface area contributed by atoms with Crippen molar-refractivity contribution in [3.8, 4) is 0 Å². The maximum absolute atomic E-state index is 5.87. The Kier molecular flexibility index (Phi) is 5.30. The van der Waals surface area contributed by atoms with E-state index in [2.05, 4.69) is 24.4 Å². The highest BCUT2D eigenvalue weighted by atomic mass is 16.3. The molecule has 2 rings (SSSR count). The molecule has 102 valence electrons. The molecular weight excluding hydrogens is 222 g/mol. The number of nitrogens with one attached hydrogen (secondary N) is 1. The van der Waals surface area contributed by atoms with Gasteiger partial charge in [-0.05, 0) is 50.8 Å². The van der Waals surface area contributed by atoms with Gasteiger partial charge in [-0.15, -0.1) is 0 Å². The van der Waals surface area contributed by atoms with Crippen molar-refractivity contribution in [3.63, 3.8) is 0 Å². The Balaban J connectivity index is 2.07. The van der Waals surface area contributed by atoms with E-state index in [-0.39, 0.29) is 0 Å². The van der Waals surface area contributed by atoms with Gasteiger partial charge in [0, 0.05) is 0 Å². The Bertz CT molecular complexity index is 337. The molecule has 1 aliphatic carbocycles. The molecule has 1 N–H and O–H groups in total. The summed E-state index contributed by atoms with van der Waals surface area (Å²) in [6.45, 7) is 5.35. The van der Waals surface area contributed by atoms with Gasteiger partial charge in [-0.2, -0.15) is 0 Å². The molecule has 0 saturated heterocycles. The van der Waals surface area contributed by atoms with Crippen molar-refractivity contribution in [2.24, 2.45) is 5.92 Å². The first kappa shape index (κ1) is 13.7. The summed E-state index contributed by atoms with van der Waals surface area (Å²) in [5.74, 6) is 2.93. The van der Waals surface area contributed by atoms with Crippen LogP contribution >= 0.6 is 0 Å². The van der Waals surface area contributed by atoms with Crippen LogP contribution in [0.25, 0.3) is 0 Å². The van der Waals surface area contributed by atoms with Gasteiger partial charge in [-0.3, -0.25) is 0 Å². The van der Waals surface area contributed by atoms with E-state index in [1.54, 1.807) is 0 Å². The average molecular weight is 249 g/mol. The van der Waals surface area contributed by atoms with Crippen molar-refractivity contribution in [1.82, 2.24) is 5.32 Å². The molecule has 1 aliphatic rings. The predicted molar refractivity (Wildman–Crippen MR) is 75.7 cm³/mol. The summed E-state index contributed by atoms with van der Waals surface area (Å²) in [6.07, 6.45) is 9.47. The van der Waals surface area contributed by atoms with E-state index >= 15 is 0 Å². The quantitative estimate of drug-likeness (QED) is 0.771. The SMILES string of the molecule is CCCNC(c1ccc(C)o1)C1CCCCCC1. The number of rotatable bonds is 5. The van der Waals surface area contributed by atoms with Crippen LogP contribution in [-0.2, 0) is 0 Å². The van der Waals surface area contributed by atoms with Gasteiger partial charge in [0.2, 0.25) is 0 Å². The van der Waals surface area contributed by atoms with Crippen molar-refractivity contribution in [2.75, 3.05) is 6.54 Å². The highest BCUT2D eigenvalue weighted by Crippen LogP contribution is 2.34. The van der Waals surface area contributed by atoms with Crippen LogP contribution in [0.5, 0.6) is 0 Å². The van der Waals surface area contributed by atoms with Crippen molar-refractivity contribution in [3.05, 3.63) is 23.7 Å². The van der Waals surface area contributed by atoms with Gasteiger partial charge < -0.3 is 9.73 Å². The summed E-state index contributed by atoms with van der Waals surface area (Å²) < 4.78 is 5.87. The second kappa shape index (κ2) is 6.98. The molecule has 0 bridgehead atoms. The first-order valence-corrected chi connectivity index (χ1v) is 7.61. The van der Waals surface area contributed by atoms with Gasteiger partial charge in [0.05, 0.1) is 6.04 Å². The monoisotopic (exact) mass is 249 g/mol. The van der Waals surface area contributed by atoms with Crippen LogP contribution in [0.2, 0.25) is 0 Å². The van der Waals surface area contributed by atoms with E-state index in [1.165, 1.54) is 44.9 Å². The third-order valence-corrected chi connectivity index (χ3v) is 4.05. The summed E-state index contributed by atoms with van der Waals surface area (Å²) in [7, 11) is 0. The molecule has 0 aromatic carbocycles. The summed E-state index contributed by atoms with van der Waals surface area (Å²) in [4.78, 5) is 0. The van der Waals surface area contributed by atoms with E-state index in [4.69, 9.17) is 4.42 Å². The Hall–Kier alpha value is -0.760. The van der Waals surface area contributed by atoms with Crippen molar-refractivity contribution >= 4 is 0 Å². The highest BCUT2D eigenvalue weighted by molar-refractivity contribution is 5.11. The van der Waals surface area contributed by atoms with Crippen LogP contribution in [0.15, 0.2) is 16.5 Å². The van der Waals surface area contributed by atoms with E-state index in [0.29, 0.717) is 6.04 Å². The lowest BCUT2D eigenvalue weighted by molar-refractivity contribution is 0.280. The molecule has 2 nitrogen and oxygen atoms in total. The van der Waals surface area contributed by atoms with Crippen molar-refractivity contribution in [2.45, 2.75) is 64.8 Å². The molecule has 18 heavy (non-hydrogen) atoms. The van der Waals surface area contributed by atoms with Crippen LogP contribution < -0.4 is 5.32 Å². The lowest BCUT2D eigenvalue weighted by atomic mass is 9.90. The fraction of sp³-hybridized carbons (Fsp3) is 0.750. The molecule has 1 atom stereocenters. The molecule has 1 aromatic rings. The number of furan rings is 1. The summed E-state index contributed by atoms with van der Waals surface area (Å²) in [5, 5.41) is 3.70. The van der Waals surface area contributed by atoms with Gasteiger partial charge in [0.25, 0.3) is 0 Å². The van der Waals surface area contributed by atoms with E-state index in [0.717, 1.165) is 24.0 Å². The zero-order valence-electron chi connectivity index (χ0n) is 11.9. The molecule has 1 unspecified atom stereocenters. The highest BCUT2D eigenvalue weighted by Gasteiger charge is 2.25. The van der Waals surface area contributed by atoms with Crippen LogP contribution in [-0.4, -0.2) is 6.54 Å². The molecule has 1 saturated carbocycles. The van der Waals surface area contributed by atoms with Crippen molar-refractivity contribution in [1.29, 1.82) is 0 Å². The third kappa shape index (κ3) is 3.61. The fourth-order valence-electron chi connectivity index (χ4n) is 3.06. The second-order valence-corrected chi connectivity index (χ2v) is 5.63. The van der Waals surface area contributed by atoms with Gasteiger partial charge in [0.15, 0.2) is 0 Å². The molecule has 1 heterocycles. The maximum Gasteiger partial charge on any atom is 0.121 e. The van der Waals surface area contributed by atoms with Crippen LogP contribution in [0.4, 0.5) is 0 Å². The topological polar surface area (TPSA) is 25.2 Å². The molecule has 0 radical (unpaired) electrons. The third-order valence-electron chi connectivity index (χ3n) is 4.05. The predicted octanol–water partition coefficient (Wildman–Crippen LogP) is 4.60. The maximum atomic E-state index is 5.87. The molecule has 1 aromatic heterocycles. The lowest BCUT2D eigenvalue weighted by Crippen LogP contribution is -2.28. The summed E-state index contributed by atoms with van der Waals surface area (Å²) in [6, 6.07) is 4.68. The second-order valence-electron chi connectivity index (χ2n) is 5.63. The minimum absolute atomic E-state index is 0.428. The Morgan fingerprint density at radius 3 is 2.50 bits per heavy atom. The Morgan fingerprint density at radius 1 is 1.22 bits per heavy atom. The first-order valence-electron chi connectivity index (χ1n) is 7.61. The van der Waals surface area contributed by atoms with E-state index in [1.807, 2.05) is 6.92 Å². The molecule has 0 amide bonds. The number of hydrogen-bond acceptors (Lipinski definition) is 2. The van der Waals surface area contributed by atoms with Gasteiger partial charge in [-0.1, -0.05) is 32.6 Å². The van der Waals surface area contributed by atoms with Gasteiger partial charge in [-0.25, -0.2) is 0 Å². The van der Waals surface area contributed by atoms with Gasteiger partial charge >= 0.3 is 0 Å². The smallest absolute Gasteiger partial charge is 0.121 e. The van der Waals surface area contributed by atoms with Crippen molar-refractivity contribution < 1.29 is 4.42 Å². The Labute approximate surface area is 111 Å². The molecular formula is C16H27NO. The number of aryl methyl sites for hydroxylation is 1. The molecule has 2 heteroatoms. The zero-order chi connectivity index (χ0) is 12.8.